The molecule has 0 bridgehead atoms. The molecule has 0 saturated carbocycles. The van der Waals surface area contributed by atoms with Gasteiger partial charge in [-0.2, -0.15) is 5.10 Å². The standard InChI is InChI=1S/C22H22N2O5S/c1-5-28-21(26)20-16-8-6-13-11-23-24(3)19(13)18(16)22(30-20)29-14-7-9-15(12(2)25)17(10-14)27-4/h7,9-11H,5-6,8H2,1-4H3. The smallest absolute Gasteiger partial charge is 0.348 e. The molecule has 0 fully saturated rings. The van der Waals surface area contributed by atoms with Crippen molar-refractivity contribution < 1.29 is 23.8 Å². The predicted octanol–water partition coefficient (Wildman–Crippen LogP) is 4.43. The molecule has 8 heteroatoms. The van der Waals surface area contributed by atoms with Crippen LogP contribution in [-0.2, 0) is 24.6 Å². The predicted molar refractivity (Wildman–Crippen MR) is 113 cm³/mol. The van der Waals surface area contributed by atoms with E-state index in [0.717, 1.165) is 28.8 Å². The van der Waals surface area contributed by atoms with E-state index in [-0.39, 0.29) is 11.8 Å². The molecule has 0 aliphatic heterocycles. The van der Waals surface area contributed by atoms with Crippen LogP contribution in [0.4, 0.5) is 0 Å². The van der Waals surface area contributed by atoms with Gasteiger partial charge in [0.15, 0.2) is 10.8 Å². The highest BCUT2D eigenvalue weighted by molar-refractivity contribution is 7.16. The largest absolute Gasteiger partial charge is 0.496 e. The number of aryl methyl sites for hydroxylation is 2. The minimum atomic E-state index is -0.344. The van der Waals surface area contributed by atoms with Crippen molar-refractivity contribution in [2.45, 2.75) is 26.7 Å². The van der Waals surface area contributed by atoms with E-state index in [1.807, 2.05) is 13.2 Å². The molecular formula is C22H22N2O5S. The molecule has 156 valence electrons. The normalized spacial score (nSPS) is 12.1. The summed E-state index contributed by atoms with van der Waals surface area (Å²) in [6.07, 6.45) is 3.38. The average Bonchev–Trinajstić information content (AvgIpc) is 3.28. The van der Waals surface area contributed by atoms with Crippen LogP contribution in [0.5, 0.6) is 16.6 Å². The highest BCUT2D eigenvalue weighted by atomic mass is 32.1. The number of ketones is 1. The van der Waals surface area contributed by atoms with Crippen molar-refractivity contribution in [1.82, 2.24) is 9.78 Å². The van der Waals surface area contributed by atoms with Crippen LogP contribution < -0.4 is 9.47 Å². The second kappa shape index (κ2) is 7.95. The van der Waals surface area contributed by atoms with Crippen molar-refractivity contribution in [3.05, 3.63) is 46.0 Å². The lowest BCUT2D eigenvalue weighted by atomic mass is 9.91. The highest BCUT2D eigenvalue weighted by Gasteiger charge is 2.32. The van der Waals surface area contributed by atoms with Crippen LogP contribution in [0, 0.1) is 0 Å². The molecule has 0 radical (unpaired) electrons. The second-order valence-electron chi connectivity index (χ2n) is 6.96. The Morgan fingerprint density at radius 1 is 1.27 bits per heavy atom. The SMILES string of the molecule is CCOC(=O)c1sc(Oc2ccc(C(C)=O)c(OC)c2)c2c1CCc1cnn(C)c1-2. The molecule has 0 atom stereocenters. The number of Topliss-reactive ketones (excluding diaryl/α,β-unsaturated/α-hetero) is 1. The zero-order chi connectivity index (χ0) is 21.4. The molecule has 0 unspecified atom stereocenters. The van der Waals surface area contributed by atoms with E-state index in [0.29, 0.717) is 40.0 Å². The summed E-state index contributed by atoms with van der Waals surface area (Å²) >= 11 is 1.27. The molecule has 1 aliphatic rings. The number of ether oxygens (including phenoxy) is 3. The number of esters is 1. The number of fused-ring (bicyclic) bond motifs is 3. The topological polar surface area (TPSA) is 79.7 Å². The average molecular weight is 426 g/mol. The van der Waals surface area contributed by atoms with Gasteiger partial charge < -0.3 is 14.2 Å². The van der Waals surface area contributed by atoms with Crippen molar-refractivity contribution in [3.8, 4) is 27.8 Å². The fourth-order valence-corrected chi connectivity index (χ4v) is 4.85. The van der Waals surface area contributed by atoms with Gasteiger partial charge >= 0.3 is 5.97 Å². The molecule has 2 aromatic heterocycles. The number of hydrogen-bond donors (Lipinski definition) is 0. The van der Waals surface area contributed by atoms with Crippen LogP contribution in [0.15, 0.2) is 24.4 Å². The van der Waals surface area contributed by atoms with E-state index in [1.54, 1.807) is 29.8 Å². The molecule has 3 aromatic rings. The number of carbonyl (C=O) groups excluding carboxylic acids is 2. The van der Waals surface area contributed by atoms with Gasteiger partial charge in [0.25, 0.3) is 0 Å². The van der Waals surface area contributed by atoms with E-state index in [2.05, 4.69) is 5.10 Å². The van der Waals surface area contributed by atoms with Crippen LogP contribution in [0.25, 0.3) is 11.3 Å². The molecule has 0 N–H and O–H groups in total. The van der Waals surface area contributed by atoms with E-state index in [1.165, 1.54) is 25.4 Å². The number of rotatable bonds is 6. The van der Waals surface area contributed by atoms with Crippen LogP contribution in [0.3, 0.4) is 0 Å². The Bertz CT molecular complexity index is 1140. The molecule has 7 nitrogen and oxygen atoms in total. The van der Waals surface area contributed by atoms with Gasteiger partial charge in [0.2, 0.25) is 0 Å². The van der Waals surface area contributed by atoms with Gasteiger partial charge in [-0.25, -0.2) is 4.79 Å². The fourth-order valence-electron chi connectivity index (χ4n) is 3.73. The van der Waals surface area contributed by atoms with Crippen molar-refractivity contribution in [2.75, 3.05) is 13.7 Å². The van der Waals surface area contributed by atoms with E-state index in [9.17, 15) is 9.59 Å². The van der Waals surface area contributed by atoms with Crippen LogP contribution >= 0.6 is 11.3 Å². The van der Waals surface area contributed by atoms with Gasteiger partial charge in [-0.1, -0.05) is 11.3 Å². The summed E-state index contributed by atoms with van der Waals surface area (Å²) in [5, 5.41) is 4.98. The third-order valence-electron chi connectivity index (χ3n) is 5.09. The first-order valence-corrected chi connectivity index (χ1v) is 10.5. The molecule has 1 aromatic carbocycles. The van der Waals surface area contributed by atoms with Crippen LogP contribution in [-0.4, -0.2) is 35.2 Å². The van der Waals surface area contributed by atoms with Crippen molar-refractivity contribution >= 4 is 23.1 Å². The lowest BCUT2D eigenvalue weighted by molar-refractivity contribution is 0.0530. The van der Waals surface area contributed by atoms with E-state index in [4.69, 9.17) is 14.2 Å². The summed E-state index contributed by atoms with van der Waals surface area (Å²) < 4.78 is 18.7. The van der Waals surface area contributed by atoms with Crippen molar-refractivity contribution in [3.63, 3.8) is 0 Å². The molecule has 30 heavy (non-hydrogen) atoms. The summed E-state index contributed by atoms with van der Waals surface area (Å²) in [6, 6.07) is 5.08. The number of hydrogen-bond acceptors (Lipinski definition) is 7. The van der Waals surface area contributed by atoms with Crippen LogP contribution in [0.1, 0.15) is 45.0 Å². The van der Waals surface area contributed by atoms with Gasteiger partial charge in [-0.15, -0.1) is 0 Å². The van der Waals surface area contributed by atoms with E-state index < -0.39 is 0 Å². The first-order chi connectivity index (χ1) is 14.4. The van der Waals surface area contributed by atoms with Gasteiger partial charge in [-0.3, -0.25) is 9.48 Å². The van der Waals surface area contributed by atoms with Crippen molar-refractivity contribution in [2.24, 2.45) is 7.05 Å². The van der Waals surface area contributed by atoms with Gasteiger partial charge in [-0.05, 0) is 49.9 Å². The Kier molecular flexibility index (Phi) is 5.34. The Morgan fingerprint density at radius 2 is 2.07 bits per heavy atom. The monoisotopic (exact) mass is 426 g/mol. The maximum Gasteiger partial charge on any atom is 0.348 e. The fraction of sp³-hybridized carbons (Fsp3) is 0.318. The second-order valence-corrected chi connectivity index (χ2v) is 7.94. The van der Waals surface area contributed by atoms with Gasteiger partial charge in [0, 0.05) is 13.1 Å². The Labute approximate surface area is 178 Å². The number of nitrogens with zero attached hydrogens (tertiary/aromatic N) is 2. The van der Waals surface area contributed by atoms with Crippen LogP contribution in [0.2, 0.25) is 0 Å². The first kappa shape index (κ1) is 20.2. The molecular weight excluding hydrogens is 404 g/mol. The third kappa shape index (κ3) is 3.37. The lowest BCUT2D eigenvalue weighted by Gasteiger charge is -2.16. The zero-order valence-corrected chi connectivity index (χ0v) is 18.1. The zero-order valence-electron chi connectivity index (χ0n) is 17.3. The molecule has 4 rings (SSSR count). The summed E-state index contributed by atoms with van der Waals surface area (Å²) in [6.45, 7) is 3.59. The number of aromatic nitrogens is 2. The van der Waals surface area contributed by atoms with Gasteiger partial charge in [0.1, 0.15) is 16.4 Å². The molecule has 0 spiro atoms. The molecule has 0 saturated heterocycles. The minimum Gasteiger partial charge on any atom is -0.496 e. The first-order valence-electron chi connectivity index (χ1n) is 9.65. The summed E-state index contributed by atoms with van der Waals surface area (Å²) in [5.41, 5.74) is 4.35. The quantitative estimate of drug-likeness (QED) is 0.429. The lowest BCUT2D eigenvalue weighted by Crippen LogP contribution is -2.10. The maximum atomic E-state index is 12.6. The summed E-state index contributed by atoms with van der Waals surface area (Å²) in [4.78, 5) is 24.9. The Hall–Kier alpha value is -3.13. The summed E-state index contributed by atoms with van der Waals surface area (Å²) in [5.74, 6) is 0.530. The summed E-state index contributed by atoms with van der Waals surface area (Å²) in [7, 11) is 3.39. The van der Waals surface area contributed by atoms with E-state index >= 15 is 0 Å². The van der Waals surface area contributed by atoms with Crippen molar-refractivity contribution in [1.29, 1.82) is 0 Å². The molecule has 2 heterocycles. The van der Waals surface area contributed by atoms with Gasteiger partial charge in [0.05, 0.1) is 36.7 Å². The Balaban J connectivity index is 1.82. The number of methoxy groups -OCH3 is 1. The number of thiophene rings is 1. The maximum absolute atomic E-state index is 12.6. The molecule has 1 aliphatic carbocycles. The molecule has 0 amide bonds. The number of carbonyl (C=O) groups is 2. The number of benzene rings is 1. The third-order valence-corrected chi connectivity index (χ3v) is 6.18. The highest BCUT2D eigenvalue weighted by Crippen LogP contribution is 2.49. The Morgan fingerprint density at radius 3 is 2.77 bits per heavy atom. The minimum absolute atomic E-state index is 0.0870.